The lowest BCUT2D eigenvalue weighted by molar-refractivity contribution is -0.129. The van der Waals surface area contributed by atoms with Crippen molar-refractivity contribution in [3.05, 3.63) is 0 Å². The molecule has 2 N–H and O–H groups in total. The summed E-state index contributed by atoms with van der Waals surface area (Å²) in [4.78, 5) is 23.0. The molecular formula is C14H24N2O2. The molecule has 0 saturated heterocycles. The van der Waals surface area contributed by atoms with E-state index >= 15 is 0 Å². The molecule has 0 radical (unpaired) electrons. The number of hydrogen-bond acceptors (Lipinski definition) is 2. The summed E-state index contributed by atoms with van der Waals surface area (Å²) in [5.74, 6) is 0.409. The average molecular weight is 252 g/mol. The second kappa shape index (κ2) is 3.72. The highest BCUT2D eigenvalue weighted by molar-refractivity contribution is 5.78. The summed E-state index contributed by atoms with van der Waals surface area (Å²) in [6.45, 7) is 9.80. The summed E-state index contributed by atoms with van der Waals surface area (Å²) >= 11 is 0. The molecule has 0 unspecified atom stereocenters. The van der Waals surface area contributed by atoms with Crippen LogP contribution in [0.1, 0.15) is 53.9 Å². The van der Waals surface area contributed by atoms with Gasteiger partial charge in [0.15, 0.2) is 0 Å². The molecule has 0 aliphatic heterocycles. The molecule has 2 rings (SSSR count). The maximum atomic E-state index is 11.5. The molecule has 2 amide bonds. The first-order valence-electron chi connectivity index (χ1n) is 6.68. The fourth-order valence-corrected chi connectivity index (χ4v) is 4.37. The van der Waals surface area contributed by atoms with Gasteiger partial charge < -0.3 is 10.6 Å². The molecule has 0 heterocycles. The van der Waals surface area contributed by atoms with E-state index in [9.17, 15) is 9.59 Å². The predicted octanol–water partition coefficient (Wildman–Crippen LogP) is 1.80. The zero-order valence-electron chi connectivity index (χ0n) is 12.0. The van der Waals surface area contributed by atoms with Crippen LogP contribution in [0.2, 0.25) is 0 Å². The lowest BCUT2D eigenvalue weighted by Gasteiger charge is -2.49. The van der Waals surface area contributed by atoms with Crippen molar-refractivity contribution in [3.63, 3.8) is 0 Å². The van der Waals surface area contributed by atoms with Crippen molar-refractivity contribution in [1.82, 2.24) is 10.6 Å². The zero-order chi connectivity index (χ0) is 13.8. The molecule has 0 aromatic carbocycles. The maximum absolute atomic E-state index is 11.5. The normalized spacial score (nSPS) is 35.3. The highest BCUT2D eigenvalue weighted by Crippen LogP contribution is 2.65. The van der Waals surface area contributed by atoms with Crippen molar-refractivity contribution in [3.8, 4) is 0 Å². The van der Waals surface area contributed by atoms with Gasteiger partial charge in [0.1, 0.15) is 5.66 Å². The fraction of sp³-hybridized carbons (Fsp3) is 0.857. The Labute approximate surface area is 109 Å². The number of nitrogens with one attached hydrogen (secondary N) is 2. The third-order valence-electron chi connectivity index (χ3n) is 5.01. The Balaban J connectivity index is 2.34. The van der Waals surface area contributed by atoms with Gasteiger partial charge in [0.25, 0.3) is 0 Å². The summed E-state index contributed by atoms with van der Waals surface area (Å²) in [5, 5.41) is 6.05. The highest BCUT2D eigenvalue weighted by atomic mass is 16.2. The predicted molar refractivity (Wildman–Crippen MR) is 69.6 cm³/mol. The van der Waals surface area contributed by atoms with Crippen molar-refractivity contribution in [2.24, 2.45) is 16.7 Å². The van der Waals surface area contributed by atoms with Gasteiger partial charge in [0.05, 0.1) is 0 Å². The Morgan fingerprint density at radius 1 is 1.00 bits per heavy atom. The van der Waals surface area contributed by atoms with Gasteiger partial charge in [-0.2, -0.15) is 0 Å². The van der Waals surface area contributed by atoms with Gasteiger partial charge in [0, 0.05) is 19.3 Å². The summed E-state index contributed by atoms with van der Waals surface area (Å²) in [7, 11) is 0. The number of amides is 2. The first kappa shape index (κ1) is 13.4. The standard InChI is InChI=1S/C14H24N2O2/c1-9(17)15-14(16-10(2)18)7-11-6-13(14,5)8-12(11,3)4/h11H,6-8H2,1-5H3,(H,15,17)(H,16,18)/t11-,13-/m1/s1. The second-order valence-electron chi connectivity index (χ2n) is 7.10. The number of carbonyl (C=O) groups is 2. The van der Waals surface area contributed by atoms with Crippen molar-refractivity contribution in [2.45, 2.75) is 59.5 Å². The van der Waals surface area contributed by atoms with E-state index in [2.05, 4.69) is 31.4 Å². The van der Waals surface area contributed by atoms with Crippen LogP contribution in [-0.2, 0) is 9.59 Å². The van der Waals surface area contributed by atoms with Crippen molar-refractivity contribution in [2.75, 3.05) is 0 Å². The second-order valence-corrected chi connectivity index (χ2v) is 7.10. The lowest BCUT2D eigenvalue weighted by atomic mass is 9.67. The largest absolute Gasteiger partial charge is 0.333 e. The van der Waals surface area contributed by atoms with Crippen molar-refractivity contribution >= 4 is 11.8 Å². The number of hydrogen-bond donors (Lipinski definition) is 2. The summed E-state index contributed by atoms with van der Waals surface area (Å²) in [6.07, 6.45) is 2.95. The van der Waals surface area contributed by atoms with E-state index in [0.29, 0.717) is 11.3 Å². The van der Waals surface area contributed by atoms with Crippen molar-refractivity contribution in [1.29, 1.82) is 0 Å². The van der Waals surface area contributed by atoms with Gasteiger partial charge >= 0.3 is 0 Å². The molecule has 2 fully saturated rings. The minimum atomic E-state index is -0.551. The van der Waals surface area contributed by atoms with E-state index in [1.54, 1.807) is 0 Å². The fourth-order valence-electron chi connectivity index (χ4n) is 4.37. The first-order valence-corrected chi connectivity index (χ1v) is 6.68. The van der Waals surface area contributed by atoms with E-state index in [1.807, 2.05) is 0 Å². The van der Waals surface area contributed by atoms with Crippen LogP contribution in [0.15, 0.2) is 0 Å². The van der Waals surface area contributed by atoms with Crippen LogP contribution in [0.3, 0.4) is 0 Å². The van der Waals surface area contributed by atoms with Gasteiger partial charge in [-0.1, -0.05) is 20.8 Å². The maximum Gasteiger partial charge on any atom is 0.218 e. The molecule has 2 bridgehead atoms. The van der Waals surface area contributed by atoms with E-state index < -0.39 is 5.66 Å². The molecule has 0 spiro atoms. The highest BCUT2D eigenvalue weighted by Gasteiger charge is 2.65. The van der Waals surface area contributed by atoms with Crippen LogP contribution in [0.5, 0.6) is 0 Å². The minimum Gasteiger partial charge on any atom is -0.333 e. The molecule has 0 aromatic rings. The topological polar surface area (TPSA) is 58.2 Å². The average Bonchev–Trinajstić information content (AvgIpc) is 2.47. The smallest absolute Gasteiger partial charge is 0.218 e. The summed E-state index contributed by atoms with van der Waals surface area (Å²) in [6, 6.07) is 0. The Kier molecular flexibility index (Phi) is 2.76. The number of rotatable bonds is 2. The Morgan fingerprint density at radius 2 is 1.50 bits per heavy atom. The van der Waals surface area contributed by atoms with Crippen LogP contribution in [0, 0.1) is 16.7 Å². The molecule has 2 aliphatic carbocycles. The Morgan fingerprint density at radius 3 is 1.78 bits per heavy atom. The number of carbonyl (C=O) groups excluding carboxylic acids is 2. The van der Waals surface area contributed by atoms with E-state index in [0.717, 1.165) is 19.3 Å². The summed E-state index contributed by atoms with van der Waals surface area (Å²) < 4.78 is 0. The van der Waals surface area contributed by atoms with Crippen LogP contribution in [0.25, 0.3) is 0 Å². The van der Waals surface area contributed by atoms with E-state index in [1.165, 1.54) is 13.8 Å². The van der Waals surface area contributed by atoms with Crippen LogP contribution < -0.4 is 10.6 Å². The van der Waals surface area contributed by atoms with Crippen LogP contribution in [0.4, 0.5) is 0 Å². The third-order valence-corrected chi connectivity index (χ3v) is 5.01. The van der Waals surface area contributed by atoms with Gasteiger partial charge in [-0.15, -0.1) is 0 Å². The number of fused-ring (bicyclic) bond motifs is 2. The quantitative estimate of drug-likeness (QED) is 0.736. The molecular weight excluding hydrogens is 228 g/mol. The third kappa shape index (κ3) is 1.82. The first-order chi connectivity index (χ1) is 8.10. The molecule has 18 heavy (non-hydrogen) atoms. The molecule has 2 saturated carbocycles. The molecule has 0 aromatic heterocycles. The minimum absolute atomic E-state index is 0.0431. The van der Waals surface area contributed by atoms with Crippen LogP contribution >= 0.6 is 0 Å². The lowest BCUT2D eigenvalue weighted by Crippen LogP contribution is -2.67. The van der Waals surface area contributed by atoms with E-state index in [4.69, 9.17) is 0 Å². The van der Waals surface area contributed by atoms with Gasteiger partial charge in [0.2, 0.25) is 11.8 Å². The van der Waals surface area contributed by atoms with Gasteiger partial charge in [-0.25, -0.2) is 0 Å². The molecule has 2 atom stereocenters. The molecule has 2 aliphatic rings. The Hall–Kier alpha value is -1.06. The van der Waals surface area contributed by atoms with E-state index in [-0.39, 0.29) is 17.2 Å². The van der Waals surface area contributed by atoms with Gasteiger partial charge in [-0.05, 0) is 30.6 Å². The van der Waals surface area contributed by atoms with Gasteiger partial charge in [-0.3, -0.25) is 9.59 Å². The monoisotopic (exact) mass is 252 g/mol. The van der Waals surface area contributed by atoms with Crippen LogP contribution in [-0.4, -0.2) is 17.5 Å². The summed E-state index contributed by atoms with van der Waals surface area (Å²) in [5.41, 5.74) is -0.293. The Bertz CT molecular complexity index is 387. The SMILES string of the molecule is CC(=O)NC1(NC(C)=O)C[C@H]2C[C@]1(C)CC2(C)C. The molecule has 102 valence electrons. The zero-order valence-corrected chi connectivity index (χ0v) is 12.0. The molecule has 4 nitrogen and oxygen atoms in total. The molecule has 4 heteroatoms. The van der Waals surface area contributed by atoms with Crippen molar-refractivity contribution < 1.29 is 9.59 Å².